The van der Waals surface area contributed by atoms with Crippen molar-refractivity contribution in [2.24, 2.45) is 0 Å². The lowest BCUT2D eigenvalue weighted by Crippen LogP contribution is -2.36. The van der Waals surface area contributed by atoms with E-state index in [9.17, 15) is 14.7 Å². The summed E-state index contributed by atoms with van der Waals surface area (Å²) in [5, 5.41) is 12.4. The topological polar surface area (TPSA) is 79.3 Å². The Balaban J connectivity index is 1.67. The second-order valence-electron chi connectivity index (χ2n) is 6.61. The van der Waals surface area contributed by atoms with Crippen LogP contribution >= 0.6 is 0 Å². The summed E-state index contributed by atoms with van der Waals surface area (Å²) in [6, 6.07) is 18.5. The fourth-order valence-corrected chi connectivity index (χ4v) is 2.93. The predicted octanol–water partition coefficient (Wildman–Crippen LogP) is 3.70. The van der Waals surface area contributed by atoms with Crippen molar-refractivity contribution in [3.05, 3.63) is 101 Å². The quantitative estimate of drug-likeness (QED) is 0.456. The first-order valence-corrected chi connectivity index (χ1v) is 9.29. The molecule has 0 aliphatic rings. The van der Waals surface area contributed by atoms with Crippen molar-refractivity contribution in [2.45, 2.75) is 12.5 Å². The second-order valence-corrected chi connectivity index (χ2v) is 6.61. The molecule has 1 atom stereocenters. The normalized spacial score (nSPS) is 12.0. The van der Waals surface area contributed by atoms with Crippen LogP contribution in [-0.4, -0.2) is 34.7 Å². The number of Topliss-reactive ketones (excluding diaryl/α,β-unsaturated/α-hetero) is 1. The molecule has 0 radical (unpaired) electrons. The monoisotopic (exact) mass is 386 g/mol. The number of phenols is 1. The van der Waals surface area contributed by atoms with E-state index in [1.54, 1.807) is 67.9 Å². The molecule has 29 heavy (non-hydrogen) atoms. The van der Waals surface area contributed by atoms with Crippen LogP contribution in [0, 0.1) is 0 Å². The molecule has 0 saturated carbocycles. The number of carbonyl (C=O) groups is 2. The Morgan fingerprint density at radius 2 is 1.69 bits per heavy atom. The van der Waals surface area contributed by atoms with Crippen molar-refractivity contribution >= 4 is 17.6 Å². The number of aromatic nitrogens is 1. The number of benzene rings is 2. The van der Waals surface area contributed by atoms with Gasteiger partial charge in [0.15, 0.2) is 11.6 Å². The summed E-state index contributed by atoms with van der Waals surface area (Å²) < 4.78 is 0. The number of nitrogens with one attached hydrogen (secondary N) is 1. The van der Waals surface area contributed by atoms with Gasteiger partial charge in [0.05, 0.1) is 11.7 Å². The SMILES string of the molecule is CN[C@@H](Cc1ccc(O)cc1)C(=O)c1ccc(C(=O)C=Cc2ccccn2)cc1. The van der Waals surface area contributed by atoms with E-state index in [1.165, 1.54) is 6.08 Å². The highest BCUT2D eigenvalue weighted by Crippen LogP contribution is 2.14. The summed E-state index contributed by atoms with van der Waals surface area (Å²) in [6.07, 6.45) is 5.31. The molecule has 1 heterocycles. The molecule has 0 fully saturated rings. The molecule has 0 aliphatic carbocycles. The number of allylic oxidation sites excluding steroid dienone is 1. The van der Waals surface area contributed by atoms with Crippen LogP contribution in [0.15, 0.2) is 79.0 Å². The molecule has 2 aromatic carbocycles. The lowest BCUT2D eigenvalue weighted by Gasteiger charge is -2.15. The van der Waals surface area contributed by atoms with Crippen LogP contribution in [-0.2, 0) is 6.42 Å². The highest BCUT2D eigenvalue weighted by Gasteiger charge is 2.19. The lowest BCUT2D eigenvalue weighted by molar-refractivity contribution is 0.0945. The lowest BCUT2D eigenvalue weighted by atomic mass is 9.96. The fraction of sp³-hybridized carbons (Fsp3) is 0.125. The number of pyridine rings is 1. The molecule has 3 rings (SSSR count). The average molecular weight is 386 g/mol. The van der Waals surface area contributed by atoms with Crippen molar-refractivity contribution in [2.75, 3.05) is 7.05 Å². The van der Waals surface area contributed by atoms with Crippen molar-refractivity contribution in [3.8, 4) is 5.75 Å². The Labute approximate surface area is 169 Å². The minimum absolute atomic E-state index is 0.0522. The number of carbonyl (C=O) groups excluding carboxylic acids is 2. The molecule has 0 unspecified atom stereocenters. The molecule has 146 valence electrons. The van der Waals surface area contributed by atoms with Crippen LogP contribution in [0.25, 0.3) is 6.08 Å². The Morgan fingerprint density at radius 3 is 2.31 bits per heavy atom. The van der Waals surface area contributed by atoms with Crippen molar-refractivity contribution < 1.29 is 14.7 Å². The van der Waals surface area contributed by atoms with Gasteiger partial charge in [-0.05, 0) is 55.4 Å². The van der Waals surface area contributed by atoms with E-state index < -0.39 is 6.04 Å². The van der Waals surface area contributed by atoms with Crippen molar-refractivity contribution in [1.29, 1.82) is 0 Å². The number of ketones is 2. The van der Waals surface area contributed by atoms with E-state index in [4.69, 9.17) is 0 Å². The van der Waals surface area contributed by atoms with Gasteiger partial charge >= 0.3 is 0 Å². The van der Waals surface area contributed by atoms with E-state index in [0.29, 0.717) is 23.2 Å². The maximum Gasteiger partial charge on any atom is 0.185 e. The summed E-state index contributed by atoms with van der Waals surface area (Å²) in [7, 11) is 1.74. The van der Waals surface area contributed by atoms with Crippen LogP contribution in [0.1, 0.15) is 32.0 Å². The number of hydrogen-bond acceptors (Lipinski definition) is 5. The van der Waals surface area contributed by atoms with Gasteiger partial charge in [-0.1, -0.05) is 42.5 Å². The first kappa shape index (κ1) is 20.2. The number of likely N-dealkylation sites (N-methyl/N-ethyl adjacent to an activating group) is 1. The number of aromatic hydroxyl groups is 1. The van der Waals surface area contributed by atoms with Crippen LogP contribution in [0.4, 0.5) is 0 Å². The number of nitrogens with zero attached hydrogens (tertiary/aromatic N) is 1. The molecule has 0 aliphatic heterocycles. The fourth-order valence-electron chi connectivity index (χ4n) is 2.93. The van der Waals surface area contributed by atoms with Crippen LogP contribution in [0.5, 0.6) is 5.75 Å². The van der Waals surface area contributed by atoms with Gasteiger partial charge in [-0.3, -0.25) is 14.6 Å². The van der Waals surface area contributed by atoms with E-state index in [0.717, 1.165) is 5.56 Å². The van der Waals surface area contributed by atoms with E-state index in [1.807, 2.05) is 18.2 Å². The van der Waals surface area contributed by atoms with Crippen LogP contribution in [0.2, 0.25) is 0 Å². The Bertz CT molecular complexity index is 995. The average Bonchev–Trinajstić information content (AvgIpc) is 2.77. The van der Waals surface area contributed by atoms with Gasteiger partial charge in [-0.15, -0.1) is 0 Å². The van der Waals surface area contributed by atoms with Gasteiger partial charge in [0.25, 0.3) is 0 Å². The Kier molecular flexibility index (Phi) is 6.66. The first-order valence-electron chi connectivity index (χ1n) is 9.29. The number of phenolic OH excluding ortho intramolecular Hbond substituents is 1. The third kappa shape index (κ3) is 5.46. The molecule has 5 heteroatoms. The van der Waals surface area contributed by atoms with Crippen molar-refractivity contribution in [3.63, 3.8) is 0 Å². The minimum atomic E-state index is -0.398. The zero-order valence-electron chi connectivity index (χ0n) is 16.1. The maximum absolute atomic E-state index is 12.8. The summed E-state index contributed by atoms with van der Waals surface area (Å²) in [5.74, 6) is -0.00838. The zero-order valence-corrected chi connectivity index (χ0v) is 16.1. The summed E-state index contributed by atoms with van der Waals surface area (Å²) in [5.41, 5.74) is 2.70. The van der Waals surface area contributed by atoms with Gasteiger partial charge in [0.1, 0.15) is 5.75 Å². The van der Waals surface area contributed by atoms with E-state index in [2.05, 4.69) is 10.3 Å². The highest BCUT2D eigenvalue weighted by molar-refractivity contribution is 6.07. The molecular weight excluding hydrogens is 364 g/mol. The first-order chi connectivity index (χ1) is 14.1. The molecule has 0 amide bonds. The van der Waals surface area contributed by atoms with Crippen LogP contribution in [0.3, 0.4) is 0 Å². The van der Waals surface area contributed by atoms with Crippen LogP contribution < -0.4 is 5.32 Å². The number of rotatable bonds is 8. The molecule has 1 aromatic heterocycles. The van der Waals surface area contributed by atoms with Gasteiger partial charge in [-0.25, -0.2) is 0 Å². The smallest absolute Gasteiger partial charge is 0.185 e. The molecule has 2 N–H and O–H groups in total. The molecule has 0 bridgehead atoms. The summed E-state index contributed by atoms with van der Waals surface area (Å²) in [6.45, 7) is 0. The Hall–Kier alpha value is -3.57. The minimum Gasteiger partial charge on any atom is -0.508 e. The largest absolute Gasteiger partial charge is 0.508 e. The molecule has 3 aromatic rings. The predicted molar refractivity (Wildman–Crippen MR) is 113 cm³/mol. The maximum atomic E-state index is 12.8. The summed E-state index contributed by atoms with van der Waals surface area (Å²) >= 11 is 0. The zero-order chi connectivity index (χ0) is 20.6. The summed E-state index contributed by atoms with van der Waals surface area (Å²) in [4.78, 5) is 29.3. The standard InChI is InChI=1S/C24H22N2O3/c1-25-22(16-17-5-12-21(27)13-6-17)24(29)19-9-7-18(8-10-19)23(28)14-11-20-4-2-3-15-26-20/h2-15,22,25,27H,16H2,1H3/t22-/m0/s1. The molecule has 5 nitrogen and oxygen atoms in total. The molecule has 0 saturated heterocycles. The molecular formula is C24H22N2O3. The van der Waals surface area contributed by atoms with Gasteiger partial charge in [-0.2, -0.15) is 0 Å². The van der Waals surface area contributed by atoms with E-state index in [-0.39, 0.29) is 17.3 Å². The van der Waals surface area contributed by atoms with Gasteiger partial charge in [0.2, 0.25) is 0 Å². The van der Waals surface area contributed by atoms with Crippen molar-refractivity contribution in [1.82, 2.24) is 10.3 Å². The van der Waals surface area contributed by atoms with E-state index >= 15 is 0 Å². The third-order valence-electron chi connectivity index (χ3n) is 4.59. The molecule has 0 spiro atoms. The highest BCUT2D eigenvalue weighted by atomic mass is 16.3. The second kappa shape index (κ2) is 9.57. The Morgan fingerprint density at radius 1 is 1.00 bits per heavy atom. The van der Waals surface area contributed by atoms with Gasteiger partial charge in [0, 0.05) is 17.3 Å². The number of hydrogen-bond donors (Lipinski definition) is 2. The van der Waals surface area contributed by atoms with Gasteiger partial charge < -0.3 is 10.4 Å². The third-order valence-corrected chi connectivity index (χ3v) is 4.59.